The van der Waals surface area contributed by atoms with Gasteiger partial charge >= 0.3 is 5.97 Å². The summed E-state index contributed by atoms with van der Waals surface area (Å²) in [6, 6.07) is 1.13. The van der Waals surface area contributed by atoms with Gasteiger partial charge in [-0.3, -0.25) is 14.2 Å². The number of carboxylic acids is 1. The number of anilines is 2. The molecule has 64 heavy (non-hydrogen) atoms. The first kappa shape index (κ1) is 50.9. The van der Waals surface area contributed by atoms with Crippen LogP contribution in [0, 0.1) is 29.6 Å². The summed E-state index contributed by atoms with van der Waals surface area (Å²) < 4.78 is 7.40. The Morgan fingerprint density at radius 2 is 1.67 bits per heavy atom. The number of amides is 1. The Bertz CT molecular complexity index is 2160. The Morgan fingerprint density at radius 1 is 0.984 bits per heavy atom. The molecule has 0 bridgehead atoms. The van der Waals surface area contributed by atoms with Crippen molar-refractivity contribution in [3.05, 3.63) is 78.7 Å². The zero-order valence-electron chi connectivity index (χ0n) is 38.9. The highest BCUT2D eigenvalue weighted by atomic mass is 16.5. The number of fused-ring (bicyclic) bond motifs is 1. The normalized spacial score (nSPS) is 19.2. The Labute approximate surface area is 379 Å². The van der Waals surface area contributed by atoms with Gasteiger partial charge in [0, 0.05) is 82.5 Å². The molecule has 3 aromatic heterocycles. The van der Waals surface area contributed by atoms with E-state index in [1.807, 2.05) is 46.9 Å². The van der Waals surface area contributed by atoms with Crippen LogP contribution in [-0.2, 0) is 9.59 Å². The van der Waals surface area contributed by atoms with Crippen LogP contribution >= 0.6 is 0 Å². The number of nitrogens with zero attached hydrogens (tertiary/aromatic N) is 8. The molecule has 5 N–H and O–H groups in total. The minimum Gasteiger partial charge on any atom is -0.507 e. The third-order valence-corrected chi connectivity index (χ3v) is 11.9. The lowest BCUT2D eigenvalue weighted by Crippen LogP contribution is -2.43. The van der Waals surface area contributed by atoms with Gasteiger partial charge in [-0.2, -0.15) is 4.98 Å². The average Bonchev–Trinajstić information content (AvgIpc) is 4.04. The Hall–Kier alpha value is -5.72. The fraction of sp³-hybridized carbons (Fsp3) is 0.551. The van der Waals surface area contributed by atoms with Crippen LogP contribution in [0.25, 0.3) is 11.4 Å². The average molecular weight is 882 g/mol. The van der Waals surface area contributed by atoms with Crippen molar-refractivity contribution in [2.24, 2.45) is 22.7 Å². The molecule has 1 amide bonds. The molecule has 0 radical (unpaired) electrons. The maximum Gasteiger partial charge on any atom is 0.326 e. The molecule has 4 aliphatic rings. The van der Waals surface area contributed by atoms with Gasteiger partial charge in [0.2, 0.25) is 11.7 Å². The third kappa shape index (κ3) is 13.9. The summed E-state index contributed by atoms with van der Waals surface area (Å²) in [5, 5.41) is 33.3. The number of carbonyl (C=O) groups excluding carboxylic acids is 1. The van der Waals surface area contributed by atoms with Gasteiger partial charge in [0.15, 0.2) is 11.6 Å². The van der Waals surface area contributed by atoms with Crippen LogP contribution in [0.2, 0.25) is 0 Å². The number of nitrogens with two attached hydrogens (primary N) is 1. The van der Waals surface area contributed by atoms with E-state index in [1.54, 1.807) is 23.9 Å². The van der Waals surface area contributed by atoms with Gasteiger partial charge in [-0.15, -0.1) is 0 Å². The van der Waals surface area contributed by atoms with E-state index in [1.165, 1.54) is 23.5 Å². The fourth-order valence-corrected chi connectivity index (χ4v) is 8.15. The van der Waals surface area contributed by atoms with Crippen molar-refractivity contribution in [3.8, 4) is 11.8 Å². The number of piperidine rings is 2. The molecule has 4 fully saturated rings. The van der Waals surface area contributed by atoms with E-state index in [4.69, 9.17) is 10.3 Å². The van der Waals surface area contributed by atoms with Gasteiger partial charge < -0.3 is 40.3 Å². The molecule has 1 aliphatic carbocycles. The van der Waals surface area contributed by atoms with Gasteiger partial charge in [0.25, 0.3) is 0 Å². The number of carboxylic acid groups (broad SMARTS) is 1. The van der Waals surface area contributed by atoms with Crippen molar-refractivity contribution in [2.45, 2.75) is 110 Å². The van der Waals surface area contributed by atoms with Crippen LogP contribution in [0.5, 0.6) is 0 Å². The highest BCUT2D eigenvalue weighted by Crippen LogP contribution is 2.34. The number of allylic oxidation sites excluding steroid dienone is 4. The van der Waals surface area contributed by atoms with Crippen molar-refractivity contribution in [1.29, 1.82) is 0 Å². The summed E-state index contributed by atoms with van der Waals surface area (Å²) in [6.07, 6.45) is 16.7. The summed E-state index contributed by atoms with van der Waals surface area (Å²) in [5.41, 5.74) is 8.70. The van der Waals surface area contributed by atoms with E-state index < -0.39 is 17.9 Å². The third-order valence-electron chi connectivity index (χ3n) is 11.9. The molecule has 348 valence electrons. The topological polar surface area (TPSA) is 199 Å². The predicted octanol–water partition coefficient (Wildman–Crippen LogP) is 7.56. The van der Waals surface area contributed by atoms with Crippen LogP contribution in [0.4, 0.5) is 11.6 Å². The smallest absolute Gasteiger partial charge is 0.326 e. The number of likely N-dealkylation sites (tertiary alicyclic amines) is 2. The number of aromatic nitrogens is 4. The number of aliphatic carboxylic acids is 1. The fourth-order valence-electron chi connectivity index (χ4n) is 8.15. The van der Waals surface area contributed by atoms with Crippen LogP contribution in [0.15, 0.2) is 71.2 Å². The molecular formula is C49H71N9O6. The van der Waals surface area contributed by atoms with Gasteiger partial charge in [0.05, 0.1) is 17.4 Å². The molecule has 1 saturated carbocycles. The summed E-state index contributed by atoms with van der Waals surface area (Å²) >= 11 is 0. The number of hydrogen-bond donors (Lipinski definition) is 4. The van der Waals surface area contributed by atoms with Crippen molar-refractivity contribution in [2.75, 3.05) is 56.9 Å². The Kier molecular flexibility index (Phi) is 19.8. The van der Waals surface area contributed by atoms with Crippen molar-refractivity contribution >= 4 is 41.1 Å². The first-order valence-corrected chi connectivity index (χ1v) is 22.8. The lowest BCUT2D eigenvalue weighted by atomic mass is 9.86. The quantitative estimate of drug-likeness (QED) is 0.0639. The molecule has 0 spiro atoms. The maximum atomic E-state index is 13.3. The molecular weight excluding hydrogens is 811 g/mol. The second kappa shape index (κ2) is 24.9. The number of aliphatic hydroxyl groups is 2. The lowest BCUT2D eigenvalue weighted by molar-refractivity contribution is -0.149. The monoisotopic (exact) mass is 882 g/mol. The van der Waals surface area contributed by atoms with Gasteiger partial charge in [0.1, 0.15) is 23.5 Å². The SMILES string of the molecule is C=C(C)C=NC.C=C/C(O)=C(\C=C)c1cn2cc(C#CC3CCC3)c(N)nc2n1.CC.CC(C)C(C(=O)N1CCCC1C(=O)O)c1cc(N2CCC(CN3CCC(O)CC3)CC2)no1. The molecule has 3 aromatic rings. The summed E-state index contributed by atoms with van der Waals surface area (Å²) in [6.45, 7) is 26.0. The first-order valence-electron chi connectivity index (χ1n) is 22.8. The van der Waals surface area contributed by atoms with E-state index in [-0.39, 0.29) is 23.7 Å². The molecule has 0 aromatic carbocycles. The largest absolute Gasteiger partial charge is 0.507 e. The lowest BCUT2D eigenvalue weighted by Gasteiger charge is -2.36. The Balaban J connectivity index is 0.000000251. The summed E-state index contributed by atoms with van der Waals surface area (Å²) in [7, 11) is 1.73. The standard InChI is InChI=1S/C24H38N4O5.C18H18N4O.C5H9N.C2H6/c1-16(2)22(23(30)28-9-3-4-19(28)24(31)32)20-14-21(25-33-20)27-12-5-17(6-13-27)15-26-10-7-18(29)8-11-26;1-3-14(16(23)4-2)15-11-22-10-13(9-8-12-6-5-7-12)17(19)21-18(22)20-15;1-5(2)4-6-3;1-2/h14,16-19,22,29H,3-13,15H2,1-2H3,(H,31,32);3-4,10-12,23H,1-2,5-7H2,(H2,19,20,21);4H,1H2,2-3H3;1-2H3/b;16-14-;;. The number of rotatable bonds is 11. The number of aliphatic hydroxyl groups excluding tert-OH is 2. The highest BCUT2D eigenvalue weighted by Gasteiger charge is 2.40. The van der Waals surface area contributed by atoms with Crippen LogP contribution in [-0.4, -0.2) is 121 Å². The van der Waals surface area contributed by atoms with Crippen molar-refractivity contribution in [3.63, 3.8) is 0 Å². The van der Waals surface area contributed by atoms with E-state index in [0.717, 1.165) is 82.6 Å². The van der Waals surface area contributed by atoms with Crippen LogP contribution in [0.1, 0.15) is 115 Å². The highest BCUT2D eigenvalue weighted by molar-refractivity contribution is 5.88. The molecule has 7 rings (SSSR count). The minimum absolute atomic E-state index is 0.0152. The van der Waals surface area contributed by atoms with Crippen molar-refractivity contribution in [1.82, 2.24) is 29.3 Å². The predicted molar refractivity (Wildman–Crippen MR) is 255 cm³/mol. The number of hydrogen-bond acceptors (Lipinski definition) is 12. The van der Waals surface area contributed by atoms with E-state index in [0.29, 0.717) is 65.4 Å². The summed E-state index contributed by atoms with van der Waals surface area (Å²) in [4.78, 5) is 43.4. The Morgan fingerprint density at radius 3 is 2.22 bits per heavy atom. The molecule has 6 heterocycles. The molecule has 3 saturated heterocycles. The van der Waals surface area contributed by atoms with Crippen LogP contribution in [0.3, 0.4) is 0 Å². The zero-order valence-corrected chi connectivity index (χ0v) is 38.9. The van der Waals surface area contributed by atoms with Crippen LogP contribution < -0.4 is 10.6 Å². The van der Waals surface area contributed by atoms with E-state index >= 15 is 0 Å². The van der Waals surface area contributed by atoms with Gasteiger partial charge in [-0.1, -0.05) is 76.9 Å². The first-order chi connectivity index (χ1) is 30.7. The van der Waals surface area contributed by atoms with Gasteiger partial charge in [-0.05, 0) is 81.8 Å². The zero-order chi connectivity index (χ0) is 46.9. The second-order valence-electron chi connectivity index (χ2n) is 17.0. The molecule has 2 atom stereocenters. The number of imidazole rings is 1. The second-order valence-corrected chi connectivity index (χ2v) is 17.0. The molecule has 3 aliphatic heterocycles. The maximum absolute atomic E-state index is 13.3. The molecule has 2 unspecified atom stereocenters. The van der Waals surface area contributed by atoms with Gasteiger partial charge in [-0.25, -0.2) is 9.78 Å². The molecule has 15 nitrogen and oxygen atoms in total. The number of carbonyl (C=O) groups is 2. The van der Waals surface area contributed by atoms with E-state index in [2.05, 4.69) is 61.5 Å². The molecule has 15 heteroatoms. The number of aliphatic imine (C=N–C) groups is 1. The minimum atomic E-state index is -0.940. The number of nitrogen functional groups attached to an aromatic ring is 1. The summed E-state index contributed by atoms with van der Waals surface area (Å²) in [5.74, 6) is 7.90. The van der Waals surface area contributed by atoms with Crippen molar-refractivity contribution < 1.29 is 29.4 Å². The van der Waals surface area contributed by atoms with E-state index in [9.17, 15) is 24.9 Å².